The largest absolute Gasteiger partial charge is 0.339 e. The fourth-order valence-electron chi connectivity index (χ4n) is 6.83. The third kappa shape index (κ3) is 3.14. The molecule has 4 aromatic carbocycles. The predicted octanol–water partition coefficient (Wildman–Crippen LogP) is 9.42. The van der Waals surface area contributed by atoms with E-state index in [2.05, 4.69) is 150 Å². The lowest BCUT2D eigenvalue weighted by Crippen LogP contribution is -2.42. The molecule has 188 valence electrons. The fraction of sp³-hybridized carbons (Fsp3) is 0.111. The summed E-state index contributed by atoms with van der Waals surface area (Å²) in [4.78, 5) is 6.40. The van der Waals surface area contributed by atoms with E-state index in [1.54, 1.807) is 0 Å². The van der Waals surface area contributed by atoms with Crippen molar-refractivity contribution in [2.45, 2.75) is 12.3 Å². The number of fused-ring (bicyclic) bond motifs is 8. The first-order valence-corrected chi connectivity index (χ1v) is 14.5. The van der Waals surface area contributed by atoms with E-state index in [1.165, 1.54) is 55.6 Å². The van der Waals surface area contributed by atoms with Gasteiger partial charge in [0, 0.05) is 28.7 Å². The van der Waals surface area contributed by atoms with Crippen LogP contribution in [0.1, 0.15) is 27.1 Å². The molecule has 0 N–H and O–H groups in total. The molecule has 8 rings (SSSR count). The van der Waals surface area contributed by atoms with Gasteiger partial charge in [0.15, 0.2) is 0 Å². The topological polar surface area (TPSA) is 6.48 Å². The number of hydrogen-bond donors (Lipinski definition) is 0. The summed E-state index contributed by atoms with van der Waals surface area (Å²) in [5, 5.41) is 2.28. The van der Waals surface area contributed by atoms with Crippen molar-refractivity contribution >= 4 is 39.8 Å². The summed E-state index contributed by atoms with van der Waals surface area (Å²) in [6.45, 7) is 3.08. The van der Waals surface area contributed by atoms with Crippen LogP contribution in [0.4, 0.5) is 28.4 Å². The Bertz CT molecular complexity index is 1710. The van der Waals surface area contributed by atoms with Crippen LogP contribution in [0.15, 0.2) is 133 Å². The van der Waals surface area contributed by atoms with Crippen LogP contribution in [0.2, 0.25) is 0 Å². The number of anilines is 5. The first-order chi connectivity index (χ1) is 19.3. The predicted molar refractivity (Wildman–Crippen MR) is 164 cm³/mol. The first-order valence-electron chi connectivity index (χ1n) is 13.6. The molecule has 1 aromatic heterocycles. The number of aryl methyl sites for hydroxylation is 1. The molecule has 2 aliphatic heterocycles. The summed E-state index contributed by atoms with van der Waals surface area (Å²) < 4.78 is 0. The minimum atomic E-state index is -0.396. The van der Waals surface area contributed by atoms with Gasteiger partial charge in [0.1, 0.15) is 0 Å². The van der Waals surface area contributed by atoms with Gasteiger partial charge in [-0.2, -0.15) is 0 Å². The molecule has 0 atom stereocenters. The summed E-state index contributed by atoms with van der Waals surface area (Å²) in [6.07, 6.45) is 8.96. The van der Waals surface area contributed by atoms with Crippen molar-refractivity contribution in [2.75, 3.05) is 16.3 Å². The summed E-state index contributed by atoms with van der Waals surface area (Å²) in [7, 11) is 0. The highest BCUT2D eigenvalue weighted by molar-refractivity contribution is 7.10. The number of thiophene rings is 1. The summed E-state index contributed by atoms with van der Waals surface area (Å²) >= 11 is 1.89. The number of hydrogen-bond acceptors (Lipinski definition) is 3. The van der Waals surface area contributed by atoms with Crippen LogP contribution < -0.4 is 9.80 Å². The highest BCUT2D eigenvalue weighted by atomic mass is 32.1. The molecule has 39 heavy (non-hydrogen) atoms. The second-order valence-electron chi connectivity index (χ2n) is 10.7. The zero-order valence-corrected chi connectivity index (χ0v) is 22.6. The van der Waals surface area contributed by atoms with Crippen molar-refractivity contribution < 1.29 is 0 Å². The lowest BCUT2D eigenvalue weighted by atomic mass is 9.63. The van der Waals surface area contributed by atoms with Gasteiger partial charge in [0.25, 0.3) is 0 Å². The molecular weight excluding hydrogens is 492 g/mol. The number of benzene rings is 4. The fourth-order valence-corrected chi connectivity index (χ4v) is 7.97. The molecule has 0 amide bonds. The monoisotopic (exact) mass is 520 g/mol. The van der Waals surface area contributed by atoms with Crippen molar-refractivity contribution in [2.24, 2.45) is 5.92 Å². The van der Waals surface area contributed by atoms with E-state index >= 15 is 0 Å². The van der Waals surface area contributed by atoms with Gasteiger partial charge in [-0.1, -0.05) is 96.6 Å². The van der Waals surface area contributed by atoms with E-state index in [4.69, 9.17) is 0 Å². The molecule has 5 aromatic rings. The molecule has 1 spiro atoms. The summed E-state index contributed by atoms with van der Waals surface area (Å²) in [5.41, 5.74) is 11.2. The van der Waals surface area contributed by atoms with Crippen molar-refractivity contribution in [1.82, 2.24) is 0 Å². The van der Waals surface area contributed by atoms with Gasteiger partial charge in [-0.15, -0.1) is 11.3 Å². The Hall–Kier alpha value is -4.34. The first kappa shape index (κ1) is 22.6. The third-order valence-electron chi connectivity index (χ3n) is 8.49. The van der Waals surface area contributed by atoms with Crippen molar-refractivity contribution in [1.29, 1.82) is 0 Å². The van der Waals surface area contributed by atoms with E-state index in [-0.39, 0.29) is 0 Å². The van der Waals surface area contributed by atoms with E-state index in [9.17, 15) is 0 Å². The number of rotatable bonds is 3. The van der Waals surface area contributed by atoms with Crippen LogP contribution in [-0.4, -0.2) is 6.54 Å². The molecule has 2 nitrogen and oxygen atoms in total. The van der Waals surface area contributed by atoms with Gasteiger partial charge < -0.3 is 9.80 Å². The zero-order valence-electron chi connectivity index (χ0n) is 21.8. The standard InChI is InChI=1S/C36H28N2S/c1-25-18-20-27(21-19-25)38-32-16-8-5-13-29(32)36(30-14-6-9-17-33(30)38)28-12-4-7-15-31(28)37(24-26-10-2-3-11-26)34-22-23-39-35(34)36/h2-23,26H,24H2,1H3. The van der Waals surface area contributed by atoms with Crippen LogP contribution in [0.5, 0.6) is 0 Å². The Morgan fingerprint density at radius 3 is 1.85 bits per heavy atom. The van der Waals surface area contributed by atoms with Crippen LogP contribution in [0.3, 0.4) is 0 Å². The maximum Gasteiger partial charge on any atom is 0.0876 e. The van der Waals surface area contributed by atoms with Crippen molar-refractivity contribution in [3.05, 3.63) is 160 Å². The maximum atomic E-state index is 2.55. The zero-order chi connectivity index (χ0) is 26.0. The second-order valence-corrected chi connectivity index (χ2v) is 11.6. The smallest absolute Gasteiger partial charge is 0.0876 e. The van der Waals surface area contributed by atoms with Gasteiger partial charge in [0.05, 0.1) is 22.5 Å². The van der Waals surface area contributed by atoms with Gasteiger partial charge >= 0.3 is 0 Å². The second kappa shape index (κ2) is 8.59. The highest BCUT2D eigenvalue weighted by Crippen LogP contribution is 2.64. The maximum absolute atomic E-state index is 2.55. The molecule has 0 saturated heterocycles. The molecule has 0 radical (unpaired) electrons. The lowest BCUT2D eigenvalue weighted by Gasteiger charge is -2.50. The molecule has 1 aliphatic carbocycles. The van der Waals surface area contributed by atoms with Crippen LogP contribution in [-0.2, 0) is 5.41 Å². The normalized spacial score (nSPS) is 16.2. The number of para-hydroxylation sites is 3. The average molecular weight is 521 g/mol. The Morgan fingerprint density at radius 1 is 0.641 bits per heavy atom. The Kier molecular flexibility index (Phi) is 4.98. The SMILES string of the molecule is Cc1ccc(N2c3ccccc3C3(c4ccccc4N(CC4C=CC=C4)c4ccsc43)c3ccccc32)cc1. The molecular formula is C36H28N2S. The molecule has 0 fully saturated rings. The van der Waals surface area contributed by atoms with Gasteiger partial charge in [-0.3, -0.25) is 0 Å². The number of allylic oxidation sites excluding steroid dienone is 2. The van der Waals surface area contributed by atoms with E-state index in [0.717, 1.165) is 6.54 Å². The minimum absolute atomic E-state index is 0.396. The van der Waals surface area contributed by atoms with Crippen molar-refractivity contribution in [3.63, 3.8) is 0 Å². The van der Waals surface area contributed by atoms with E-state index in [1.807, 2.05) is 11.3 Å². The van der Waals surface area contributed by atoms with E-state index < -0.39 is 5.41 Å². The van der Waals surface area contributed by atoms with E-state index in [0.29, 0.717) is 5.92 Å². The van der Waals surface area contributed by atoms with Crippen molar-refractivity contribution in [3.8, 4) is 0 Å². The quantitative estimate of drug-likeness (QED) is 0.229. The highest BCUT2D eigenvalue weighted by Gasteiger charge is 2.52. The minimum Gasteiger partial charge on any atom is -0.339 e. The molecule has 3 heterocycles. The Balaban J connectivity index is 1.45. The molecule has 3 heteroatoms. The molecule has 0 saturated carbocycles. The van der Waals surface area contributed by atoms with Gasteiger partial charge in [0.2, 0.25) is 0 Å². The van der Waals surface area contributed by atoms with Crippen LogP contribution in [0, 0.1) is 12.8 Å². The summed E-state index contributed by atoms with van der Waals surface area (Å²) in [6, 6.07) is 38.4. The Labute approximate surface area is 233 Å². The Morgan fingerprint density at radius 2 is 1.21 bits per heavy atom. The third-order valence-corrected chi connectivity index (χ3v) is 9.51. The molecule has 3 aliphatic rings. The number of nitrogens with zero attached hydrogens (tertiary/aromatic N) is 2. The van der Waals surface area contributed by atoms with Crippen LogP contribution >= 0.6 is 11.3 Å². The molecule has 0 unspecified atom stereocenters. The molecule has 0 bridgehead atoms. The lowest BCUT2D eigenvalue weighted by molar-refractivity contribution is 0.706. The van der Waals surface area contributed by atoms with Gasteiger partial charge in [-0.05, 0) is 65.4 Å². The van der Waals surface area contributed by atoms with Gasteiger partial charge in [-0.25, -0.2) is 0 Å². The summed E-state index contributed by atoms with van der Waals surface area (Å²) in [5.74, 6) is 0.405. The van der Waals surface area contributed by atoms with Crippen LogP contribution in [0.25, 0.3) is 0 Å². The average Bonchev–Trinajstić information content (AvgIpc) is 3.69.